The molecule has 17 aromatic carbocycles. The molecule has 610 valence electrons. The minimum atomic E-state index is -0.470. The van der Waals surface area contributed by atoms with Gasteiger partial charge in [-0.15, -0.1) is 0 Å². The van der Waals surface area contributed by atoms with Crippen LogP contribution >= 0.6 is 0 Å². The van der Waals surface area contributed by atoms with E-state index < -0.39 is 24.2 Å². The quantitative estimate of drug-likeness (QED) is 0.0850. The average Bonchev–Trinajstić information content (AvgIpc) is 0.911. The second kappa shape index (κ2) is 30.8. The van der Waals surface area contributed by atoms with E-state index in [2.05, 4.69) is 426 Å². The number of aromatic nitrogens is 3. The van der Waals surface area contributed by atoms with E-state index in [1.165, 1.54) is 27.5 Å². The van der Waals surface area contributed by atoms with Crippen LogP contribution in [0.5, 0.6) is 0 Å². The van der Waals surface area contributed by atoms with E-state index in [4.69, 9.17) is 5.48 Å². The molecule has 0 atom stereocenters. The summed E-state index contributed by atoms with van der Waals surface area (Å²) in [5.74, 6) is 0. The van der Waals surface area contributed by atoms with Crippen LogP contribution in [0.15, 0.2) is 388 Å². The normalized spacial score (nSPS) is 13.6. The molecule has 0 saturated heterocycles. The maximum Gasteiger partial charge on any atom is 0.252 e. The zero-order chi connectivity index (χ0) is 92.2. The van der Waals surface area contributed by atoms with Crippen LogP contribution in [0, 0.1) is 0 Å². The van der Waals surface area contributed by atoms with Crippen LogP contribution in [-0.4, -0.2) is 20.4 Å². The molecule has 0 amide bonds. The fraction of sp³-hybridized carbons (Fsp3) is 0.143. The van der Waals surface area contributed by atoms with E-state index in [1.807, 2.05) is 0 Å². The molecule has 0 unspecified atom stereocenters. The highest BCUT2D eigenvalue weighted by Crippen LogP contribution is 2.49. The van der Waals surface area contributed by atoms with Gasteiger partial charge in [0.2, 0.25) is 0 Å². The third kappa shape index (κ3) is 13.8. The Bertz CT molecular complexity index is 7830. The lowest BCUT2D eigenvalue weighted by Crippen LogP contribution is -2.62. The second-order valence-electron chi connectivity index (χ2n) is 37.4. The van der Waals surface area contributed by atoms with Gasteiger partial charge in [0.05, 0.1) is 22.0 Å². The number of nitrogens with zero attached hydrogens (tertiary/aromatic N) is 6. The molecule has 0 bridgehead atoms. The standard InChI is InChI=1S/C119H101BN6/c1-117(2,3)88-53-59-110-100(70-88)101-71-89(118(4,5)6)54-60-111(101)126(110)94-55-58-105-113(75-94)123(76-80-64-86(82-34-16-10-17-35-82)69-87(65-80)83-36-18-11-19-37-83)114-67-81(77-122-108-51-33-30-48-97(108)102-74-93(56-61-109(102)122)125(91-42-24-14-25-43-91)92-44-26-15-27-45-92)68-115-116(114)120(105)104-57-52-79(62-63-121-106-49-31-28-46-95(106)96-47-29-32-50-107(96)121)66-112(104)124(115)78-103-98(84-38-20-12-21-39-84)72-90(119(7,8)9)73-99(103)85-40-22-13-23-41-85/h10-61,64-75H,62-63,76-78H2,1-9H3/i28D,29D,31D,32D,46D,47D,49D,50D. The molecule has 3 aromatic heterocycles. The average molecular weight is 1630 g/mol. The number of para-hydroxylation sites is 5. The number of rotatable bonds is 17. The third-order valence-corrected chi connectivity index (χ3v) is 26.4. The maximum absolute atomic E-state index is 9.64. The minimum absolute atomic E-state index is 0.0679. The third-order valence-electron chi connectivity index (χ3n) is 26.4. The van der Waals surface area contributed by atoms with Gasteiger partial charge >= 0.3 is 0 Å². The van der Waals surface area contributed by atoms with Crippen LogP contribution in [0.3, 0.4) is 0 Å². The van der Waals surface area contributed by atoms with E-state index >= 15 is 0 Å². The molecule has 0 radical (unpaired) electrons. The van der Waals surface area contributed by atoms with Gasteiger partial charge in [-0.25, -0.2) is 0 Å². The Kier molecular flexibility index (Phi) is 16.9. The zero-order valence-corrected chi connectivity index (χ0v) is 72.6. The summed E-state index contributed by atoms with van der Waals surface area (Å²) >= 11 is 0. The summed E-state index contributed by atoms with van der Waals surface area (Å²) in [6.07, 6.45) is 0.303. The van der Waals surface area contributed by atoms with Crippen LogP contribution in [0.25, 0.3) is 116 Å². The van der Waals surface area contributed by atoms with Crippen molar-refractivity contribution < 1.29 is 11.0 Å². The molecule has 22 rings (SSSR count). The van der Waals surface area contributed by atoms with Gasteiger partial charge in [-0.3, -0.25) is 0 Å². The number of aryl methyl sites for hydroxylation is 2. The first-order valence-electron chi connectivity index (χ1n) is 48.2. The molecule has 2 aliphatic rings. The summed E-state index contributed by atoms with van der Waals surface area (Å²) in [5, 5.41) is 4.81. The molecular formula is C119H101BN6. The molecule has 6 nitrogen and oxygen atoms in total. The van der Waals surface area contributed by atoms with E-state index in [0.717, 1.165) is 161 Å². The second-order valence-corrected chi connectivity index (χ2v) is 37.4. The number of fused-ring (bicyclic) bond motifs is 13. The maximum atomic E-state index is 9.64. The lowest BCUT2D eigenvalue weighted by atomic mass is 9.33. The molecular weight excluding hydrogens is 1520 g/mol. The molecule has 20 aromatic rings. The first-order valence-corrected chi connectivity index (χ1v) is 44.2. The molecule has 2 aliphatic heterocycles. The van der Waals surface area contributed by atoms with Crippen LogP contribution < -0.4 is 31.1 Å². The smallest absolute Gasteiger partial charge is 0.252 e. The van der Waals surface area contributed by atoms with E-state index in [9.17, 15) is 5.48 Å². The summed E-state index contributed by atoms with van der Waals surface area (Å²) in [6.45, 7) is 21.8. The van der Waals surface area contributed by atoms with Crippen molar-refractivity contribution in [1.82, 2.24) is 13.7 Å². The summed E-state index contributed by atoms with van der Waals surface area (Å²) in [7, 11) is 0. The summed E-state index contributed by atoms with van der Waals surface area (Å²) in [6, 6.07) is 123. The molecule has 0 spiro atoms. The van der Waals surface area contributed by atoms with Gasteiger partial charge in [0.1, 0.15) is 0 Å². The highest BCUT2D eigenvalue weighted by molar-refractivity contribution is 7.00. The van der Waals surface area contributed by atoms with Crippen molar-refractivity contribution in [2.45, 2.75) is 111 Å². The first-order chi connectivity index (χ1) is 64.7. The van der Waals surface area contributed by atoms with E-state index in [-0.39, 0.29) is 75.5 Å². The van der Waals surface area contributed by atoms with Crippen molar-refractivity contribution in [2.24, 2.45) is 0 Å². The van der Waals surface area contributed by atoms with Crippen LogP contribution in [0.1, 0.15) is 112 Å². The highest BCUT2D eigenvalue weighted by atomic mass is 15.2. The summed E-state index contributed by atoms with van der Waals surface area (Å²) in [5.41, 5.74) is 32.8. The molecule has 5 heterocycles. The molecule has 0 N–H and O–H groups in total. The molecule has 0 aliphatic carbocycles. The largest absolute Gasteiger partial charge is 0.340 e. The lowest BCUT2D eigenvalue weighted by Gasteiger charge is -2.45. The van der Waals surface area contributed by atoms with Gasteiger partial charge in [-0.1, -0.05) is 317 Å². The minimum Gasteiger partial charge on any atom is -0.340 e. The van der Waals surface area contributed by atoms with E-state index in [1.54, 1.807) is 4.57 Å². The van der Waals surface area contributed by atoms with Crippen LogP contribution in [-0.2, 0) is 48.8 Å². The fourth-order valence-corrected chi connectivity index (χ4v) is 20.0. The first kappa shape index (κ1) is 69.1. The van der Waals surface area contributed by atoms with Gasteiger partial charge in [-0.05, 0) is 256 Å². The van der Waals surface area contributed by atoms with Crippen molar-refractivity contribution in [3.05, 3.63) is 427 Å². The van der Waals surface area contributed by atoms with Crippen molar-refractivity contribution in [2.75, 3.05) is 14.7 Å². The van der Waals surface area contributed by atoms with Crippen LogP contribution in [0.2, 0.25) is 0 Å². The molecule has 7 heteroatoms. The van der Waals surface area contributed by atoms with E-state index in [0.29, 0.717) is 26.1 Å². The Hall–Kier alpha value is -14.4. The lowest BCUT2D eigenvalue weighted by molar-refractivity contribution is 0.590. The number of anilines is 7. The topological polar surface area (TPSA) is 24.5 Å². The van der Waals surface area contributed by atoms with Gasteiger partial charge in [0, 0.05) is 126 Å². The zero-order valence-electron chi connectivity index (χ0n) is 80.6. The molecule has 0 fully saturated rings. The fourth-order valence-electron chi connectivity index (χ4n) is 20.0. The number of benzene rings is 17. The summed E-state index contributed by atoms with van der Waals surface area (Å²) in [4.78, 5) is 7.63. The predicted octanol–water partition coefficient (Wildman–Crippen LogP) is 29.1. The van der Waals surface area contributed by atoms with Crippen molar-refractivity contribution >= 4 is 128 Å². The van der Waals surface area contributed by atoms with Crippen molar-refractivity contribution in [3.63, 3.8) is 0 Å². The SMILES string of the molecule is [2H]c1c([2H])c([2H])c2c(c1[2H])c1c([2H])c([2H])c([2H])c([2H])c1n2CCc1ccc2c(c1)N(Cc1c(-c3ccccc3)cc(C(C)(C)C)cc1-c1ccccc1)c1cc(Cn3c4ccccc4c4cc(N(c5ccccc5)c5ccccc5)ccc43)cc3c1B2c1ccc(-n2c4ccc(C(C)(C)C)cc4c4cc(C(C)(C)C)ccc42)cc1N3Cc1cc(-c2ccccc2)cc(-c2ccccc2)c1. The Balaban J connectivity index is 0.841. The number of hydrogen-bond acceptors (Lipinski definition) is 3. The van der Waals surface area contributed by atoms with Gasteiger partial charge in [0.25, 0.3) is 6.71 Å². The highest BCUT2D eigenvalue weighted by Gasteiger charge is 2.44. The Morgan fingerprint density at radius 3 is 1.28 bits per heavy atom. The number of hydrogen-bond donors (Lipinski definition) is 0. The summed E-state index contributed by atoms with van der Waals surface area (Å²) < 4.78 is 81.1. The van der Waals surface area contributed by atoms with Gasteiger partial charge < -0.3 is 28.4 Å². The molecule has 126 heavy (non-hydrogen) atoms. The Morgan fingerprint density at radius 1 is 0.294 bits per heavy atom. The predicted molar refractivity (Wildman–Crippen MR) is 537 cm³/mol. The van der Waals surface area contributed by atoms with Crippen molar-refractivity contribution in [3.8, 4) is 50.2 Å². The molecule has 0 saturated carbocycles. The van der Waals surface area contributed by atoms with Gasteiger partial charge in [0.15, 0.2) is 0 Å². The van der Waals surface area contributed by atoms with Crippen LogP contribution in [0.4, 0.5) is 39.8 Å². The Labute approximate surface area is 751 Å². The Morgan fingerprint density at radius 2 is 0.738 bits per heavy atom. The monoisotopic (exact) mass is 1630 g/mol. The van der Waals surface area contributed by atoms with Crippen molar-refractivity contribution in [1.29, 1.82) is 0 Å². The van der Waals surface area contributed by atoms with Gasteiger partial charge in [-0.2, -0.15) is 0 Å².